The molecule has 1 amide bonds. The lowest BCUT2D eigenvalue weighted by Gasteiger charge is -2.39. The molecule has 2 aromatic rings. The van der Waals surface area contributed by atoms with Crippen molar-refractivity contribution >= 4 is 38.7 Å². The maximum atomic E-state index is 14.6. The van der Waals surface area contributed by atoms with Crippen LogP contribution >= 0.6 is 11.6 Å². The van der Waals surface area contributed by atoms with Crippen molar-refractivity contribution in [3.05, 3.63) is 34.1 Å². The molecule has 1 aromatic heterocycles. The van der Waals surface area contributed by atoms with Gasteiger partial charge in [-0.1, -0.05) is 11.6 Å². The van der Waals surface area contributed by atoms with Crippen LogP contribution in [-0.4, -0.2) is 41.0 Å². The number of nitrogens with zero attached hydrogens (tertiary/aromatic N) is 2. The van der Waals surface area contributed by atoms with E-state index in [9.17, 15) is 30.8 Å². The van der Waals surface area contributed by atoms with Gasteiger partial charge in [0.2, 0.25) is 5.88 Å². The van der Waals surface area contributed by atoms with E-state index in [1.807, 2.05) is 0 Å². The number of aromatic nitrogens is 1. The van der Waals surface area contributed by atoms with Crippen molar-refractivity contribution in [2.45, 2.75) is 63.2 Å². The third-order valence-corrected chi connectivity index (χ3v) is 6.66. The minimum absolute atomic E-state index is 0.00360. The quantitative estimate of drug-likeness (QED) is 0.318. The van der Waals surface area contributed by atoms with Crippen LogP contribution < -0.4 is 4.18 Å². The summed E-state index contributed by atoms with van der Waals surface area (Å²) in [4.78, 5) is 18.1. The summed E-state index contributed by atoms with van der Waals surface area (Å²) in [5.41, 5.74) is -7.49. The highest BCUT2D eigenvalue weighted by Crippen LogP contribution is 2.52. The number of halogens is 5. The van der Waals surface area contributed by atoms with Crippen molar-refractivity contribution in [2.24, 2.45) is 0 Å². The van der Waals surface area contributed by atoms with Crippen LogP contribution in [0.1, 0.15) is 44.7 Å². The number of carbonyl (C=O) groups excluding carboxylic acids is 1. The average Bonchev–Trinajstić information content (AvgIpc) is 3.39. The highest BCUT2D eigenvalue weighted by Gasteiger charge is 2.55. The van der Waals surface area contributed by atoms with Crippen LogP contribution in [0.15, 0.2) is 12.1 Å². The Morgan fingerprint density at radius 2 is 1.82 bits per heavy atom. The van der Waals surface area contributed by atoms with Gasteiger partial charge in [0.1, 0.15) is 11.1 Å². The van der Waals surface area contributed by atoms with Gasteiger partial charge in [0.25, 0.3) is 0 Å². The number of hydrogen-bond acceptors (Lipinski definition) is 6. The molecule has 1 fully saturated rings. The van der Waals surface area contributed by atoms with Crippen LogP contribution in [0, 0.1) is 5.82 Å². The summed E-state index contributed by atoms with van der Waals surface area (Å²) in [6, 6.07) is 2.24. The average molecular weight is 511 g/mol. The molecule has 1 aromatic carbocycles. The first-order chi connectivity index (χ1) is 15.0. The molecule has 4 rings (SSSR count). The van der Waals surface area contributed by atoms with Crippen molar-refractivity contribution in [3.8, 4) is 5.88 Å². The molecule has 33 heavy (non-hydrogen) atoms. The third kappa shape index (κ3) is 4.30. The lowest BCUT2D eigenvalue weighted by atomic mass is 9.90. The van der Waals surface area contributed by atoms with Gasteiger partial charge >= 0.3 is 21.7 Å². The Balaban J connectivity index is 1.90. The third-order valence-electron chi connectivity index (χ3n) is 5.50. The SMILES string of the molecule is CC(C)(C)OC(=O)N1Cc2c(c(OS(=O)(=O)C(F)(F)F)nc3c(F)cc(Cl)cc23)CC12CC2. The predicted molar refractivity (Wildman–Crippen MR) is 110 cm³/mol. The summed E-state index contributed by atoms with van der Waals surface area (Å²) >= 11 is 5.98. The van der Waals surface area contributed by atoms with E-state index < -0.39 is 50.1 Å². The van der Waals surface area contributed by atoms with E-state index >= 15 is 0 Å². The molecular formula is C20H19ClF4N2O5S. The van der Waals surface area contributed by atoms with Crippen LogP contribution in [0.2, 0.25) is 5.02 Å². The first-order valence-corrected chi connectivity index (χ1v) is 11.6. The zero-order valence-electron chi connectivity index (χ0n) is 17.7. The molecule has 0 unspecified atom stereocenters. The minimum atomic E-state index is -6.06. The van der Waals surface area contributed by atoms with Crippen molar-refractivity contribution in [1.82, 2.24) is 9.88 Å². The lowest BCUT2D eigenvalue weighted by Crippen LogP contribution is -2.48. The van der Waals surface area contributed by atoms with E-state index in [0.717, 1.165) is 6.07 Å². The van der Waals surface area contributed by atoms with Crippen LogP contribution in [0.3, 0.4) is 0 Å². The van der Waals surface area contributed by atoms with Gasteiger partial charge in [0.15, 0.2) is 5.82 Å². The molecule has 0 saturated heterocycles. The number of hydrogen-bond donors (Lipinski definition) is 0. The van der Waals surface area contributed by atoms with E-state index in [2.05, 4.69) is 9.17 Å². The molecular weight excluding hydrogens is 492 g/mol. The molecule has 1 saturated carbocycles. The smallest absolute Gasteiger partial charge is 0.444 e. The van der Waals surface area contributed by atoms with E-state index in [4.69, 9.17) is 16.3 Å². The van der Waals surface area contributed by atoms with Gasteiger partial charge < -0.3 is 8.92 Å². The number of ether oxygens (including phenoxy) is 1. The number of pyridine rings is 1. The van der Waals surface area contributed by atoms with Gasteiger partial charge in [-0.15, -0.1) is 0 Å². The summed E-state index contributed by atoms with van der Waals surface area (Å²) in [6.07, 6.45) is 0.336. The standard InChI is InChI=1S/C20H19ClF4N2O5S/c1-18(2,3)31-17(28)27-9-13-11-6-10(21)7-14(22)15(11)26-16(12(13)8-19(27)4-5-19)32-33(29,30)20(23,24)25/h6-7H,4-5,8-9H2,1-3H3. The summed E-state index contributed by atoms with van der Waals surface area (Å²) in [5, 5.41) is 0.131. The largest absolute Gasteiger partial charge is 0.534 e. The van der Waals surface area contributed by atoms with Gasteiger partial charge in [0, 0.05) is 22.4 Å². The molecule has 1 aliphatic carbocycles. The molecule has 2 aliphatic rings. The highest BCUT2D eigenvalue weighted by atomic mass is 35.5. The van der Waals surface area contributed by atoms with Gasteiger partial charge in [-0.3, -0.25) is 4.90 Å². The Kier molecular flexibility index (Phi) is 5.29. The Bertz CT molecular complexity index is 1270. The monoisotopic (exact) mass is 510 g/mol. The second-order valence-corrected chi connectivity index (χ2v) is 11.1. The second-order valence-electron chi connectivity index (χ2n) is 9.11. The van der Waals surface area contributed by atoms with E-state index in [0.29, 0.717) is 12.8 Å². The van der Waals surface area contributed by atoms with Gasteiger partial charge in [0.05, 0.1) is 12.1 Å². The van der Waals surface area contributed by atoms with E-state index in [1.54, 1.807) is 20.8 Å². The predicted octanol–water partition coefficient (Wildman–Crippen LogP) is 5.08. The maximum absolute atomic E-state index is 14.6. The number of benzene rings is 1. The molecule has 0 N–H and O–H groups in total. The first kappa shape index (κ1) is 23.8. The fraction of sp³-hybridized carbons (Fsp3) is 0.500. The maximum Gasteiger partial charge on any atom is 0.534 e. The summed E-state index contributed by atoms with van der Waals surface area (Å²) in [7, 11) is -6.06. The molecule has 0 bridgehead atoms. The molecule has 13 heteroatoms. The molecule has 1 spiro atoms. The Hall–Kier alpha value is -2.34. The van der Waals surface area contributed by atoms with Crippen molar-refractivity contribution in [1.29, 1.82) is 0 Å². The van der Waals surface area contributed by atoms with Crippen LogP contribution in [0.4, 0.5) is 22.4 Å². The fourth-order valence-electron chi connectivity index (χ4n) is 3.87. The second kappa shape index (κ2) is 7.33. The Labute approximate surface area is 191 Å². The van der Waals surface area contributed by atoms with Crippen LogP contribution in [0.25, 0.3) is 10.9 Å². The zero-order chi connectivity index (χ0) is 24.6. The molecule has 0 radical (unpaired) electrons. The minimum Gasteiger partial charge on any atom is -0.444 e. The van der Waals surface area contributed by atoms with E-state index in [1.165, 1.54) is 11.0 Å². The molecule has 7 nitrogen and oxygen atoms in total. The Morgan fingerprint density at radius 3 is 2.36 bits per heavy atom. The summed E-state index contributed by atoms with van der Waals surface area (Å²) in [6.45, 7) is 4.88. The topological polar surface area (TPSA) is 85.8 Å². The van der Waals surface area contributed by atoms with Crippen LogP contribution in [-0.2, 0) is 27.8 Å². The van der Waals surface area contributed by atoms with Gasteiger partial charge in [-0.05, 0) is 51.3 Å². The van der Waals surface area contributed by atoms with Gasteiger partial charge in [-0.2, -0.15) is 21.6 Å². The molecule has 180 valence electrons. The van der Waals surface area contributed by atoms with Crippen molar-refractivity contribution in [3.63, 3.8) is 0 Å². The highest BCUT2D eigenvalue weighted by molar-refractivity contribution is 7.87. The number of carbonyl (C=O) groups is 1. The summed E-state index contributed by atoms with van der Waals surface area (Å²) < 4.78 is 86.8. The Morgan fingerprint density at radius 1 is 1.18 bits per heavy atom. The normalized spacial score (nSPS) is 17.8. The first-order valence-electron chi connectivity index (χ1n) is 9.85. The van der Waals surface area contributed by atoms with Crippen molar-refractivity contribution < 1.29 is 39.7 Å². The van der Waals surface area contributed by atoms with Crippen molar-refractivity contribution in [2.75, 3.05) is 0 Å². The lowest BCUT2D eigenvalue weighted by molar-refractivity contribution is -0.0501. The molecule has 2 heterocycles. The summed E-state index contributed by atoms with van der Waals surface area (Å²) in [5.74, 6) is -1.85. The molecule has 0 atom stereocenters. The number of amides is 1. The van der Waals surface area contributed by atoms with Gasteiger partial charge in [-0.25, -0.2) is 14.2 Å². The number of alkyl halides is 3. The fourth-order valence-corrected chi connectivity index (χ4v) is 4.51. The number of rotatable bonds is 2. The number of fused-ring (bicyclic) bond motifs is 3. The zero-order valence-corrected chi connectivity index (χ0v) is 19.3. The molecule has 1 aliphatic heterocycles. The van der Waals surface area contributed by atoms with E-state index in [-0.39, 0.29) is 34.5 Å². The van der Waals surface area contributed by atoms with Crippen LogP contribution in [0.5, 0.6) is 5.88 Å².